The van der Waals surface area contributed by atoms with Gasteiger partial charge in [-0.15, -0.1) is 0 Å². The summed E-state index contributed by atoms with van der Waals surface area (Å²) in [5.41, 5.74) is 1.05. The van der Waals surface area contributed by atoms with Crippen LogP contribution in [0.5, 0.6) is 0 Å². The van der Waals surface area contributed by atoms with Crippen LogP contribution in [0.4, 0.5) is 0 Å². The van der Waals surface area contributed by atoms with Crippen LogP contribution in [0, 0.1) is 28.6 Å². The molecule has 0 unspecified atom stereocenters. The van der Waals surface area contributed by atoms with E-state index in [0.717, 1.165) is 24.8 Å². The fourth-order valence-electron chi connectivity index (χ4n) is 8.10. The minimum Gasteiger partial charge on any atom is -0.357 e. The molecule has 46 heavy (non-hydrogen) atoms. The number of aromatic nitrogens is 2. The second-order valence-electron chi connectivity index (χ2n) is 15.1. The number of amides is 4. The van der Waals surface area contributed by atoms with E-state index in [1.165, 1.54) is 32.1 Å². The Labute approximate surface area is 272 Å². The highest BCUT2D eigenvalue weighted by Gasteiger charge is 2.62. The van der Waals surface area contributed by atoms with Crippen LogP contribution >= 0.6 is 0 Å². The predicted molar refractivity (Wildman–Crippen MR) is 174 cm³/mol. The second kappa shape index (κ2) is 13.2. The van der Waals surface area contributed by atoms with Gasteiger partial charge in [-0.05, 0) is 29.7 Å². The number of benzene rings is 1. The first-order valence-corrected chi connectivity index (χ1v) is 17.2. The molecule has 1 spiro atoms. The van der Waals surface area contributed by atoms with Crippen molar-refractivity contribution in [3.05, 3.63) is 53.9 Å². The fourth-order valence-corrected chi connectivity index (χ4v) is 8.10. The Morgan fingerprint density at radius 3 is 2.35 bits per heavy atom. The number of hydrogen-bond donors (Lipinski definition) is 2. The number of carbonyl (C=O) groups is 4. The maximum atomic E-state index is 14.0. The second-order valence-corrected chi connectivity index (χ2v) is 15.1. The summed E-state index contributed by atoms with van der Waals surface area (Å²) in [5, 5.41) is 10.2. The van der Waals surface area contributed by atoms with Gasteiger partial charge < -0.3 is 20.4 Å². The third-order valence-electron chi connectivity index (χ3n) is 11.2. The van der Waals surface area contributed by atoms with Crippen molar-refractivity contribution in [2.45, 2.75) is 84.2 Å². The van der Waals surface area contributed by atoms with Crippen molar-refractivity contribution in [2.75, 3.05) is 33.2 Å². The molecule has 6 rings (SSSR count). The van der Waals surface area contributed by atoms with Crippen LogP contribution < -0.4 is 10.6 Å². The molecule has 1 aromatic carbocycles. The first-order chi connectivity index (χ1) is 22.1. The van der Waals surface area contributed by atoms with Gasteiger partial charge in [0.25, 0.3) is 5.91 Å². The van der Waals surface area contributed by atoms with Gasteiger partial charge in [-0.25, -0.2) is 0 Å². The highest BCUT2D eigenvalue weighted by Crippen LogP contribution is 2.54. The lowest BCUT2D eigenvalue weighted by atomic mass is 9.70. The van der Waals surface area contributed by atoms with E-state index < -0.39 is 17.4 Å². The van der Waals surface area contributed by atoms with Crippen molar-refractivity contribution >= 4 is 23.6 Å². The molecule has 3 atom stereocenters. The Hall–Kier alpha value is -3.69. The summed E-state index contributed by atoms with van der Waals surface area (Å²) in [5.74, 6) is -0.208. The fraction of sp³-hybridized carbons (Fsp3) is 0.639. The van der Waals surface area contributed by atoms with Gasteiger partial charge in [-0.2, -0.15) is 5.10 Å². The van der Waals surface area contributed by atoms with Crippen LogP contribution in [-0.4, -0.2) is 82.5 Å². The topological polar surface area (TPSA) is 117 Å². The van der Waals surface area contributed by atoms with Gasteiger partial charge in [0.05, 0.1) is 24.2 Å². The summed E-state index contributed by atoms with van der Waals surface area (Å²) in [4.78, 5) is 57.6. The number of nitrogens with one attached hydrogen (secondary N) is 2. The molecular formula is C36H50N6O4. The van der Waals surface area contributed by atoms with E-state index in [1.807, 2.05) is 35.2 Å². The summed E-state index contributed by atoms with van der Waals surface area (Å²) in [6, 6.07) is 9.33. The lowest BCUT2D eigenvalue weighted by Crippen LogP contribution is -2.65. The molecule has 0 bridgehead atoms. The summed E-state index contributed by atoms with van der Waals surface area (Å²) in [6.07, 6.45) is 13.2. The van der Waals surface area contributed by atoms with Crippen LogP contribution in [-0.2, 0) is 20.9 Å². The molecule has 3 heterocycles. The number of rotatable bonds is 11. The maximum Gasteiger partial charge on any atom is 0.257 e. The standard InChI is InChI=1S/C36H50N6O4/c1-35(2)17-28(35)34(46)41-23-36(24-41)22-40(33(45)27-18-38-42(20-27)19-26-13-8-5-9-14-26)21-29(36)31(43)39-30(32(44)37-3)16-10-15-25-11-6-4-7-12-25/h5,8-9,13-14,18,20,25,28-30H,4,6-7,10-12,15-17,19,21-24H2,1-3H3,(H,37,44)(H,39,43)/t28-,29-,30+/m1/s1. The van der Waals surface area contributed by atoms with Crippen LogP contribution in [0.15, 0.2) is 42.7 Å². The summed E-state index contributed by atoms with van der Waals surface area (Å²) in [6.45, 7) is 6.30. The van der Waals surface area contributed by atoms with E-state index in [0.29, 0.717) is 44.1 Å². The summed E-state index contributed by atoms with van der Waals surface area (Å²) in [7, 11) is 1.60. The zero-order valence-electron chi connectivity index (χ0n) is 27.7. The molecule has 2 saturated heterocycles. The average Bonchev–Trinajstić information content (AvgIpc) is 3.35. The molecule has 4 fully saturated rings. The molecule has 10 heteroatoms. The van der Waals surface area contributed by atoms with E-state index in [-0.39, 0.29) is 41.5 Å². The quantitative estimate of drug-likeness (QED) is 0.391. The Morgan fingerprint density at radius 2 is 1.67 bits per heavy atom. The molecule has 2 N–H and O–H groups in total. The van der Waals surface area contributed by atoms with Crippen molar-refractivity contribution in [1.29, 1.82) is 0 Å². The normalized spacial score (nSPS) is 23.9. The van der Waals surface area contributed by atoms with Crippen molar-refractivity contribution in [1.82, 2.24) is 30.2 Å². The van der Waals surface area contributed by atoms with Crippen molar-refractivity contribution in [3.63, 3.8) is 0 Å². The number of likely N-dealkylation sites (N-methyl/N-ethyl adjacent to an activating group) is 1. The minimum absolute atomic E-state index is 0.0204. The highest BCUT2D eigenvalue weighted by molar-refractivity contribution is 5.95. The maximum absolute atomic E-state index is 14.0. The van der Waals surface area contributed by atoms with Crippen LogP contribution in [0.1, 0.15) is 87.6 Å². The largest absolute Gasteiger partial charge is 0.357 e. The zero-order valence-corrected chi connectivity index (χ0v) is 27.7. The lowest BCUT2D eigenvalue weighted by molar-refractivity contribution is -0.151. The molecule has 4 amide bonds. The predicted octanol–water partition coefficient (Wildman–Crippen LogP) is 3.86. The molecule has 0 radical (unpaired) electrons. The molecule has 4 aliphatic rings. The first kappa shape index (κ1) is 32.3. The van der Waals surface area contributed by atoms with Gasteiger partial charge in [0.2, 0.25) is 17.7 Å². The minimum atomic E-state index is -0.621. The summed E-state index contributed by atoms with van der Waals surface area (Å²) >= 11 is 0. The Morgan fingerprint density at radius 1 is 0.978 bits per heavy atom. The molecular weight excluding hydrogens is 580 g/mol. The van der Waals surface area contributed by atoms with E-state index >= 15 is 0 Å². The van der Waals surface area contributed by atoms with Crippen LogP contribution in [0.2, 0.25) is 0 Å². The lowest BCUT2D eigenvalue weighted by Gasteiger charge is -2.50. The molecule has 2 aromatic rings. The van der Waals surface area contributed by atoms with E-state index in [9.17, 15) is 19.2 Å². The molecule has 2 saturated carbocycles. The van der Waals surface area contributed by atoms with E-state index in [1.54, 1.807) is 29.0 Å². The van der Waals surface area contributed by atoms with Gasteiger partial charge >= 0.3 is 0 Å². The van der Waals surface area contributed by atoms with Crippen LogP contribution in [0.25, 0.3) is 0 Å². The van der Waals surface area contributed by atoms with Gasteiger partial charge in [0, 0.05) is 50.8 Å². The number of nitrogens with zero attached hydrogens (tertiary/aromatic N) is 4. The number of hydrogen-bond acceptors (Lipinski definition) is 5. The Kier molecular flexibility index (Phi) is 9.26. The van der Waals surface area contributed by atoms with Crippen molar-refractivity contribution in [3.8, 4) is 0 Å². The smallest absolute Gasteiger partial charge is 0.257 e. The molecule has 2 aliphatic carbocycles. The monoisotopic (exact) mass is 630 g/mol. The number of likely N-dealkylation sites (tertiary alicyclic amines) is 2. The van der Waals surface area contributed by atoms with Gasteiger partial charge in [-0.1, -0.05) is 89.1 Å². The third kappa shape index (κ3) is 6.86. The van der Waals surface area contributed by atoms with Gasteiger partial charge in [-0.3, -0.25) is 23.9 Å². The average molecular weight is 631 g/mol. The first-order valence-electron chi connectivity index (χ1n) is 17.2. The third-order valence-corrected chi connectivity index (χ3v) is 11.2. The molecule has 10 nitrogen and oxygen atoms in total. The Bertz CT molecular complexity index is 1420. The Balaban J connectivity index is 1.14. The van der Waals surface area contributed by atoms with Gasteiger partial charge in [0.1, 0.15) is 6.04 Å². The SMILES string of the molecule is CNC(=O)[C@H](CCCC1CCCCC1)NC(=O)[C@H]1CN(C(=O)c2cnn(Cc3ccccc3)c2)CC12CN(C(=O)[C@H]1CC1(C)C)C2. The number of carbonyl (C=O) groups excluding carboxylic acids is 4. The molecule has 248 valence electrons. The zero-order chi connectivity index (χ0) is 32.5. The van der Waals surface area contributed by atoms with E-state index in [4.69, 9.17) is 0 Å². The summed E-state index contributed by atoms with van der Waals surface area (Å²) < 4.78 is 1.75. The highest BCUT2D eigenvalue weighted by atomic mass is 16.2. The van der Waals surface area contributed by atoms with Crippen LogP contribution in [0.3, 0.4) is 0 Å². The van der Waals surface area contributed by atoms with Gasteiger partial charge in [0.15, 0.2) is 0 Å². The molecule has 2 aliphatic heterocycles. The molecule has 1 aromatic heterocycles. The van der Waals surface area contributed by atoms with Crippen molar-refractivity contribution in [2.24, 2.45) is 28.6 Å². The van der Waals surface area contributed by atoms with Crippen molar-refractivity contribution < 1.29 is 19.2 Å². The van der Waals surface area contributed by atoms with E-state index in [2.05, 4.69) is 29.6 Å².